The van der Waals surface area contributed by atoms with Gasteiger partial charge in [0.25, 0.3) is 0 Å². The lowest BCUT2D eigenvalue weighted by Crippen LogP contribution is -3.00. The zero-order chi connectivity index (χ0) is 21.2. The molecule has 1 aromatic carbocycles. The number of allylic oxidation sites excluding steroid dienone is 4. The number of pyridine rings is 2. The van der Waals surface area contributed by atoms with Crippen LogP contribution in [0, 0.1) is 5.82 Å². The third kappa shape index (κ3) is 5.34. The average Bonchev–Trinajstić information content (AvgIpc) is 2.75. The maximum atomic E-state index is 13.4. The van der Waals surface area contributed by atoms with Gasteiger partial charge in [-0.05, 0) is 41.8 Å². The van der Waals surface area contributed by atoms with E-state index in [1.54, 1.807) is 48.8 Å². The van der Waals surface area contributed by atoms with Crippen LogP contribution in [-0.4, -0.2) is 19.9 Å². The fourth-order valence-electron chi connectivity index (χ4n) is 3.68. The number of rotatable bonds is 5. The summed E-state index contributed by atoms with van der Waals surface area (Å²) in [6, 6.07) is 13.6. The first-order valence-corrected chi connectivity index (χ1v) is 11.1. The monoisotopic (exact) mass is 494 g/mol. The molecule has 2 aromatic heterocycles. The van der Waals surface area contributed by atoms with Gasteiger partial charge in [-0.1, -0.05) is 24.3 Å². The fourth-order valence-corrected chi connectivity index (χ4v) is 4.67. The minimum atomic E-state index is -4.47. The van der Waals surface area contributed by atoms with Crippen molar-refractivity contribution >= 4 is 20.0 Å². The van der Waals surface area contributed by atoms with E-state index in [9.17, 15) is 18.7 Å². The van der Waals surface area contributed by atoms with E-state index in [-0.39, 0.29) is 43.5 Å². The minimum Gasteiger partial charge on any atom is -1.00 e. The van der Waals surface area contributed by atoms with Crippen LogP contribution < -0.4 is 17.0 Å². The Hall–Kier alpha value is -2.34. The maximum absolute atomic E-state index is 13.4. The van der Waals surface area contributed by atoms with Crippen molar-refractivity contribution in [2.75, 3.05) is 0 Å². The van der Waals surface area contributed by atoms with Crippen LogP contribution in [0.2, 0.25) is 0 Å². The zero-order valence-corrected chi connectivity index (χ0v) is 19.3. The molecule has 0 aliphatic heterocycles. The Kier molecular flexibility index (Phi) is 8.52. The van der Waals surface area contributed by atoms with Crippen molar-refractivity contribution in [2.45, 2.75) is 18.0 Å². The number of hydrogen-bond acceptors (Lipinski definition) is 2. The van der Waals surface area contributed by atoms with E-state index in [0.717, 1.165) is 11.1 Å². The summed E-state index contributed by atoms with van der Waals surface area (Å²) in [7, 11) is -4.47. The molecule has 0 bridgehead atoms. The molecule has 0 radical (unpaired) electrons. The van der Waals surface area contributed by atoms with E-state index < -0.39 is 12.8 Å². The van der Waals surface area contributed by atoms with Crippen molar-refractivity contribution in [3.05, 3.63) is 103 Å². The van der Waals surface area contributed by atoms with E-state index in [1.807, 2.05) is 35.0 Å². The van der Waals surface area contributed by atoms with Gasteiger partial charge < -0.3 is 22.2 Å². The lowest BCUT2D eigenvalue weighted by atomic mass is 9.93. The van der Waals surface area contributed by atoms with Crippen molar-refractivity contribution in [2.24, 2.45) is 0 Å². The number of aromatic nitrogens is 2. The molecule has 4 rings (SSSR count). The lowest BCUT2D eigenvalue weighted by molar-refractivity contribution is -0.604. The number of hydrogen-bond donors (Lipinski definition) is 2. The molecule has 1 aliphatic carbocycles. The highest BCUT2D eigenvalue weighted by Gasteiger charge is 2.46. The quantitative estimate of drug-likeness (QED) is 0.417. The summed E-state index contributed by atoms with van der Waals surface area (Å²) in [6.07, 6.45) is 12.4. The molecule has 1 aliphatic rings. The van der Waals surface area contributed by atoms with Crippen LogP contribution in [0.15, 0.2) is 91.4 Å². The van der Waals surface area contributed by atoms with E-state index in [4.69, 9.17) is 0 Å². The molecule has 0 saturated heterocycles. The first-order chi connectivity index (χ1) is 14.4. The van der Waals surface area contributed by atoms with Crippen LogP contribution in [0.3, 0.4) is 0 Å². The SMILES string of the molecule is Cl.O=P(O)(O)C1(Cc2cc(-c3ccncc3)cc[n+]2-c2ccc(F)cc2)C=CC=CC1.[Cl-]. The highest BCUT2D eigenvalue weighted by Crippen LogP contribution is 2.56. The van der Waals surface area contributed by atoms with Crippen LogP contribution in [0.5, 0.6) is 0 Å². The molecule has 0 amide bonds. The van der Waals surface area contributed by atoms with Gasteiger partial charge in [0.1, 0.15) is 11.0 Å². The Balaban J connectivity index is 0.00000181. The van der Waals surface area contributed by atoms with Gasteiger partial charge in [-0.15, -0.1) is 12.4 Å². The Labute approximate surface area is 198 Å². The van der Waals surface area contributed by atoms with E-state index >= 15 is 0 Å². The Morgan fingerprint density at radius 3 is 2.31 bits per heavy atom. The molecule has 1 atom stereocenters. The Morgan fingerprint density at radius 2 is 1.72 bits per heavy atom. The molecular weight excluding hydrogens is 473 g/mol. The van der Waals surface area contributed by atoms with Gasteiger partial charge in [0.15, 0.2) is 11.9 Å². The van der Waals surface area contributed by atoms with Crippen LogP contribution in [0.4, 0.5) is 4.39 Å². The summed E-state index contributed by atoms with van der Waals surface area (Å²) in [5, 5.41) is -1.33. The average molecular weight is 495 g/mol. The third-order valence-corrected chi connectivity index (χ3v) is 7.00. The molecule has 1 unspecified atom stereocenters. The molecule has 5 nitrogen and oxygen atoms in total. The second kappa shape index (κ2) is 10.5. The van der Waals surface area contributed by atoms with Gasteiger partial charge in [0.05, 0.1) is 6.42 Å². The Bertz CT molecular complexity index is 1170. The smallest absolute Gasteiger partial charge is 0.336 e. The van der Waals surface area contributed by atoms with Crippen LogP contribution >= 0.6 is 20.0 Å². The lowest BCUT2D eigenvalue weighted by Gasteiger charge is -2.31. The molecular formula is C23H22Cl2FN2O3P. The molecule has 0 fully saturated rings. The van der Waals surface area contributed by atoms with Gasteiger partial charge in [-0.2, -0.15) is 4.57 Å². The Morgan fingerprint density at radius 1 is 1.03 bits per heavy atom. The van der Waals surface area contributed by atoms with Gasteiger partial charge in [-0.25, -0.2) is 4.39 Å². The predicted octanol–water partition coefficient (Wildman–Crippen LogP) is 1.57. The van der Waals surface area contributed by atoms with Crippen molar-refractivity contribution < 1.29 is 35.7 Å². The molecule has 2 N–H and O–H groups in total. The van der Waals surface area contributed by atoms with E-state index in [0.29, 0.717) is 11.4 Å². The first-order valence-electron chi connectivity index (χ1n) is 9.49. The normalized spacial score (nSPS) is 17.3. The summed E-state index contributed by atoms with van der Waals surface area (Å²) in [6.45, 7) is 0. The highest BCUT2D eigenvalue weighted by molar-refractivity contribution is 7.53. The van der Waals surface area contributed by atoms with Gasteiger partial charge in [0, 0.05) is 36.7 Å². The van der Waals surface area contributed by atoms with E-state index in [1.165, 1.54) is 12.1 Å². The van der Waals surface area contributed by atoms with Gasteiger partial charge in [-0.3, -0.25) is 9.55 Å². The summed E-state index contributed by atoms with van der Waals surface area (Å²) in [4.78, 5) is 24.4. The van der Waals surface area contributed by atoms with Crippen molar-refractivity contribution in [1.29, 1.82) is 0 Å². The van der Waals surface area contributed by atoms with Crippen LogP contribution in [-0.2, 0) is 11.0 Å². The minimum absolute atomic E-state index is 0. The molecule has 9 heteroatoms. The summed E-state index contributed by atoms with van der Waals surface area (Å²) >= 11 is 0. The number of nitrogens with zero attached hydrogens (tertiary/aromatic N) is 2. The zero-order valence-electron chi connectivity index (χ0n) is 16.9. The van der Waals surface area contributed by atoms with Crippen molar-refractivity contribution in [3.63, 3.8) is 0 Å². The molecule has 0 saturated carbocycles. The highest BCUT2D eigenvalue weighted by atomic mass is 35.5. The summed E-state index contributed by atoms with van der Waals surface area (Å²) < 4.78 is 27.8. The summed E-state index contributed by atoms with van der Waals surface area (Å²) in [5.41, 5.74) is 3.27. The molecule has 168 valence electrons. The van der Waals surface area contributed by atoms with Crippen LogP contribution in [0.25, 0.3) is 16.8 Å². The number of halogens is 3. The standard InChI is InChI=1S/C23H20FN2O3P.2ClH/c24-20-4-6-21(7-5-20)26-15-10-19(18-8-13-25-14-9-18)16-22(26)17-23(30(27,28)29)11-2-1-3-12-23;;/h1-11,13-16H,12,17H2,(H-,27,28,29);2*1H. The maximum Gasteiger partial charge on any atom is 0.336 e. The second-order valence-electron chi connectivity index (χ2n) is 7.30. The number of benzene rings is 1. The molecule has 32 heavy (non-hydrogen) atoms. The molecule has 2 heterocycles. The molecule has 0 spiro atoms. The third-order valence-electron chi connectivity index (χ3n) is 5.35. The molecule has 3 aromatic rings. The second-order valence-corrected chi connectivity index (χ2v) is 9.28. The van der Waals surface area contributed by atoms with Gasteiger partial charge in [0.2, 0.25) is 5.69 Å². The fraction of sp³-hybridized carbons (Fsp3) is 0.130. The van der Waals surface area contributed by atoms with E-state index in [2.05, 4.69) is 4.98 Å². The largest absolute Gasteiger partial charge is 1.00 e. The van der Waals surface area contributed by atoms with Crippen molar-refractivity contribution in [3.8, 4) is 16.8 Å². The van der Waals surface area contributed by atoms with Crippen LogP contribution in [0.1, 0.15) is 12.1 Å². The van der Waals surface area contributed by atoms with Crippen molar-refractivity contribution in [1.82, 2.24) is 4.98 Å². The topological polar surface area (TPSA) is 74.3 Å². The van der Waals surface area contributed by atoms with Gasteiger partial charge >= 0.3 is 7.60 Å². The predicted molar refractivity (Wildman–Crippen MR) is 120 cm³/mol. The first kappa shape index (κ1) is 25.9. The summed E-state index contributed by atoms with van der Waals surface area (Å²) in [5.74, 6) is -0.346.